The molecule has 0 aromatic carbocycles. The Morgan fingerprint density at radius 1 is 1.67 bits per heavy atom. The number of ether oxygens (including phenoxy) is 1. The molecule has 5 nitrogen and oxygen atoms in total. The molecule has 0 aromatic rings. The Kier molecular flexibility index (Phi) is 2.24. The first kappa shape index (κ1) is 10.4. The zero-order chi connectivity index (χ0) is 11.2. The number of hydrogen-bond acceptors (Lipinski definition) is 4. The fraction of sp³-hybridized carbons (Fsp3) is 0.700. The van der Waals surface area contributed by atoms with Crippen molar-refractivity contribution in [3.05, 3.63) is 11.8 Å². The van der Waals surface area contributed by atoms with Gasteiger partial charge in [0, 0.05) is 0 Å². The zero-order valence-electron chi connectivity index (χ0n) is 8.38. The molecule has 5 heteroatoms. The smallest absolute Gasteiger partial charge is 0.335 e. The van der Waals surface area contributed by atoms with Crippen LogP contribution in [0.5, 0.6) is 0 Å². The highest BCUT2D eigenvalue weighted by Gasteiger charge is 2.56. The van der Waals surface area contributed by atoms with Crippen LogP contribution in [0.3, 0.4) is 0 Å². The van der Waals surface area contributed by atoms with Gasteiger partial charge >= 0.3 is 5.97 Å². The van der Waals surface area contributed by atoms with Crippen molar-refractivity contribution in [2.75, 3.05) is 6.61 Å². The first-order valence-corrected chi connectivity index (χ1v) is 4.92. The predicted octanol–water partition coefficient (Wildman–Crippen LogP) is -0.267. The van der Waals surface area contributed by atoms with Gasteiger partial charge in [-0.3, -0.25) is 0 Å². The Morgan fingerprint density at radius 3 is 2.93 bits per heavy atom. The Bertz CT molecular complexity index is 324. The SMILES string of the molecule is C[C@H]1C[C@H](O)[C@@H]2C(C(=O)O)=COC[C@]12O. The van der Waals surface area contributed by atoms with Crippen LogP contribution in [0.2, 0.25) is 0 Å². The normalized spacial score (nSPS) is 44.2. The van der Waals surface area contributed by atoms with Crippen molar-refractivity contribution in [1.29, 1.82) is 0 Å². The number of carbonyl (C=O) groups is 1. The quantitative estimate of drug-likeness (QED) is 0.559. The van der Waals surface area contributed by atoms with Crippen LogP contribution in [0.1, 0.15) is 13.3 Å². The number of fused-ring (bicyclic) bond motifs is 1. The molecule has 2 rings (SSSR count). The van der Waals surface area contributed by atoms with Gasteiger partial charge in [0.2, 0.25) is 0 Å². The number of carboxylic acids is 1. The van der Waals surface area contributed by atoms with Gasteiger partial charge in [-0.05, 0) is 12.3 Å². The van der Waals surface area contributed by atoms with Crippen molar-refractivity contribution >= 4 is 5.97 Å². The van der Waals surface area contributed by atoms with Crippen molar-refractivity contribution in [2.45, 2.75) is 25.0 Å². The maximum absolute atomic E-state index is 10.9. The van der Waals surface area contributed by atoms with Crippen molar-refractivity contribution in [3.63, 3.8) is 0 Å². The summed E-state index contributed by atoms with van der Waals surface area (Å²) in [4.78, 5) is 10.9. The molecular weight excluding hydrogens is 200 g/mol. The van der Waals surface area contributed by atoms with E-state index < -0.39 is 23.6 Å². The Hall–Kier alpha value is -1.07. The first-order valence-electron chi connectivity index (χ1n) is 4.92. The van der Waals surface area contributed by atoms with Crippen LogP contribution < -0.4 is 0 Å². The summed E-state index contributed by atoms with van der Waals surface area (Å²) < 4.78 is 4.98. The van der Waals surface area contributed by atoms with E-state index in [0.29, 0.717) is 6.42 Å². The molecule has 1 heterocycles. The highest BCUT2D eigenvalue weighted by molar-refractivity contribution is 5.87. The van der Waals surface area contributed by atoms with E-state index in [2.05, 4.69) is 0 Å². The minimum atomic E-state index is -1.25. The summed E-state index contributed by atoms with van der Waals surface area (Å²) in [6.45, 7) is 1.84. The molecule has 1 aliphatic carbocycles. The van der Waals surface area contributed by atoms with Crippen LogP contribution in [0.25, 0.3) is 0 Å². The Morgan fingerprint density at radius 2 is 2.33 bits per heavy atom. The molecule has 3 N–H and O–H groups in total. The van der Waals surface area contributed by atoms with E-state index >= 15 is 0 Å². The lowest BCUT2D eigenvalue weighted by molar-refractivity contribution is -0.139. The number of hydrogen-bond donors (Lipinski definition) is 3. The minimum absolute atomic E-state index is 0.0411. The van der Waals surface area contributed by atoms with Crippen molar-refractivity contribution in [2.24, 2.45) is 11.8 Å². The lowest BCUT2D eigenvalue weighted by Crippen LogP contribution is -2.49. The summed E-state index contributed by atoms with van der Waals surface area (Å²) in [6, 6.07) is 0. The van der Waals surface area contributed by atoms with Gasteiger partial charge in [-0.25, -0.2) is 4.79 Å². The summed E-state index contributed by atoms with van der Waals surface area (Å²) >= 11 is 0. The van der Waals surface area contributed by atoms with Crippen LogP contribution >= 0.6 is 0 Å². The van der Waals surface area contributed by atoms with Crippen LogP contribution in [0.15, 0.2) is 11.8 Å². The van der Waals surface area contributed by atoms with Crippen LogP contribution in [0, 0.1) is 11.8 Å². The number of rotatable bonds is 1. The van der Waals surface area contributed by atoms with Crippen molar-refractivity contribution < 1.29 is 24.9 Å². The predicted molar refractivity (Wildman–Crippen MR) is 49.9 cm³/mol. The second-order valence-corrected chi connectivity index (χ2v) is 4.36. The van der Waals surface area contributed by atoms with E-state index in [0.717, 1.165) is 6.26 Å². The number of aliphatic hydroxyl groups excluding tert-OH is 1. The molecule has 1 saturated carbocycles. The molecule has 0 aromatic heterocycles. The van der Waals surface area contributed by atoms with Crippen molar-refractivity contribution in [1.82, 2.24) is 0 Å². The number of aliphatic carboxylic acids is 1. The summed E-state index contributed by atoms with van der Waals surface area (Å²) in [7, 11) is 0. The Labute approximate surface area is 87.0 Å². The lowest BCUT2D eigenvalue weighted by atomic mass is 9.80. The highest BCUT2D eigenvalue weighted by atomic mass is 16.5. The third-order valence-corrected chi connectivity index (χ3v) is 3.48. The van der Waals surface area contributed by atoms with E-state index in [4.69, 9.17) is 9.84 Å². The third-order valence-electron chi connectivity index (χ3n) is 3.48. The largest absolute Gasteiger partial charge is 0.498 e. The summed E-state index contributed by atoms with van der Waals surface area (Å²) in [5.74, 6) is -2.05. The maximum atomic E-state index is 10.9. The standard InChI is InChI=1S/C10H14O5/c1-5-2-7(11)8-6(9(12)13)3-15-4-10(5,8)14/h3,5,7-8,11,14H,2,4H2,1H3,(H,12,13)/t5-,7-,8-,10-/m0/s1. The van der Waals surface area contributed by atoms with Gasteiger partial charge in [0.15, 0.2) is 0 Å². The van der Waals surface area contributed by atoms with E-state index in [1.54, 1.807) is 6.92 Å². The first-order chi connectivity index (χ1) is 6.97. The van der Waals surface area contributed by atoms with Crippen LogP contribution in [-0.4, -0.2) is 39.6 Å². The van der Waals surface area contributed by atoms with Gasteiger partial charge in [0.1, 0.15) is 12.2 Å². The number of aliphatic hydroxyl groups is 2. The summed E-state index contributed by atoms with van der Waals surface area (Å²) in [5, 5.41) is 29.0. The maximum Gasteiger partial charge on any atom is 0.335 e. The molecule has 0 bridgehead atoms. The molecule has 0 radical (unpaired) electrons. The molecule has 0 saturated heterocycles. The molecule has 0 spiro atoms. The molecule has 1 fully saturated rings. The number of carboxylic acid groups (broad SMARTS) is 1. The Balaban J connectivity index is 2.40. The van der Waals surface area contributed by atoms with Gasteiger partial charge in [0.25, 0.3) is 0 Å². The van der Waals surface area contributed by atoms with Gasteiger partial charge in [-0.2, -0.15) is 0 Å². The van der Waals surface area contributed by atoms with Crippen LogP contribution in [-0.2, 0) is 9.53 Å². The highest BCUT2D eigenvalue weighted by Crippen LogP contribution is 2.46. The second kappa shape index (κ2) is 3.21. The van der Waals surface area contributed by atoms with E-state index in [-0.39, 0.29) is 18.1 Å². The molecule has 84 valence electrons. The van der Waals surface area contributed by atoms with Crippen LogP contribution in [0.4, 0.5) is 0 Å². The summed E-state index contributed by atoms with van der Waals surface area (Å²) in [5.41, 5.74) is -1.29. The molecule has 1 aliphatic heterocycles. The van der Waals surface area contributed by atoms with Gasteiger partial charge in [0.05, 0.1) is 23.9 Å². The molecule has 2 aliphatic rings. The van der Waals surface area contributed by atoms with Crippen molar-refractivity contribution in [3.8, 4) is 0 Å². The second-order valence-electron chi connectivity index (χ2n) is 4.36. The third kappa shape index (κ3) is 1.34. The van der Waals surface area contributed by atoms with Gasteiger partial charge < -0.3 is 20.1 Å². The minimum Gasteiger partial charge on any atom is -0.498 e. The van der Waals surface area contributed by atoms with E-state index in [1.807, 2.05) is 0 Å². The summed E-state index contributed by atoms with van der Waals surface area (Å²) in [6.07, 6.45) is 0.717. The fourth-order valence-electron chi connectivity index (χ4n) is 2.57. The lowest BCUT2D eigenvalue weighted by Gasteiger charge is -2.36. The topological polar surface area (TPSA) is 87.0 Å². The molecular formula is C10H14O5. The van der Waals surface area contributed by atoms with Gasteiger partial charge in [-0.15, -0.1) is 0 Å². The zero-order valence-corrected chi connectivity index (χ0v) is 8.38. The molecule has 15 heavy (non-hydrogen) atoms. The molecule has 0 unspecified atom stereocenters. The average Bonchev–Trinajstić information content (AvgIpc) is 2.37. The monoisotopic (exact) mass is 214 g/mol. The van der Waals surface area contributed by atoms with E-state index in [1.165, 1.54) is 0 Å². The average molecular weight is 214 g/mol. The van der Waals surface area contributed by atoms with E-state index in [9.17, 15) is 15.0 Å². The fourth-order valence-corrected chi connectivity index (χ4v) is 2.57. The molecule has 0 amide bonds. The van der Waals surface area contributed by atoms with Gasteiger partial charge in [-0.1, -0.05) is 6.92 Å². The molecule has 4 atom stereocenters.